The van der Waals surface area contributed by atoms with E-state index < -0.39 is 11.9 Å². The number of nitriles is 1. The lowest BCUT2D eigenvalue weighted by molar-refractivity contribution is -0.120. The number of hydrogen-bond donors (Lipinski definition) is 1. The maximum absolute atomic E-state index is 13.7. The van der Waals surface area contributed by atoms with Crippen LogP contribution in [0.2, 0.25) is 5.02 Å². The number of halogens is 2. The van der Waals surface area contributed by atoms with Gasteiger partial charge in [0.1, 0.15) is 17.6 Å². The number of aryl methyl sites for hydroxylation is 1. The first-order chi connectivity index (χ1) is 14.8. The van der Waals surface area contributed by atoms with E-state index in [0.717, 1.165) is 11.1 Å². The molecule has 1 atom stereocenters. The first-order valence-corrected chi connectivity index (χ1v) is 10.1. The van der Waals surface area contributed by atoms with Gasteiger partial charge in [0, 0.05) is 32.6 Å². The van der Waals surface area contributed by atoms with Crippen molar-refractivity contribution in [2.45, 2.75) is 19.4 Å². The lowest BCUT2D eigenvalue weighted by atomic mass is 9.95. The van der Waals surface area contributed by atoms with Crippen LogP contribution < -0.4 is 15.0 Å². The molecule has 7 nitrogen and oxygen atoms in total. The van der Waals surface area contributed by atoms with Gasteiger partial charge < -0.3 is 19.9 Å². The Morgan fingerprint density at radius 1 is 1.32 bits per heavy atom. The van der Waals surface area contributed by atoms with Gasteiger partial charge in [-0.15, -0.1) is 0 Å². The number of likely N-dealkylation sites (tertiary alicyclic amines) is 1. The van der Waals surface area contributed by atoms with Gasteiger partial charge in [-0.05, 0) is 30.2 Å². The van der Waals surface area contributed by atoms with Crippen LogP contribution in [0, 0.1) is 30.0 Å². The molecule has 1 N–H and O–H groups in total. The standard InChI is InChI=1S/C22H20ClFN4O3/c1-12-3-4-14-7-17(26-22(30)28-10-13(9-25)11-28)21(29)27(2)19(14)20(12)31-18-8-15(24)5-6-16(18)23/h3-6,8,13,17H,7,10-11H2,1-2H3,(H,26,30)/t17-/m1/s1. The number of benzene rings is 2. The van der Waals surface area contributed by atoms with Crippen LogP contribution in [0.5, 0.6) is 11.5 Å². The van der Waals surface area contributed by atoms with E-state index in [1.54, 1.807) is 7.05 Å². The van der Waals surface area contributed by atoms with Crippen molar-refractivity contribution < 1.29 is 18.7 Å². The smallest absolute Gasteiger partial charge is 0.318 e. The fourth-order valence-corrected chi connectivity index (χ4v) is 3.93. The van der Waals surface area contributed by atoms with E-state index in [2.05, 4.69) is 11.4 Å². The first kappa shape index (κ1) is 20.9. The number of likely N-dealkylation sites (N-methyl/N-ethyl adjacent to an activating group) is 1. The number of ether oxygens (including phenoxy) is 1. The second kappa shape index (κ2) is 8.08. The van der Waals surface area contributed by atoms with Crippen LogP contribution in [0.4, 0.5) is 14.9 Å². The highest BCUT2D eigenvalue weighted by Crippen LogP contribution is 2.42. The van der Waals surface area contributed by atoms with Gasteiger partial charge in [0.05, 0.1) is 22.7 Å². The predicted molar refractivity (Wildman–Crippen MR) is 113 cm³/mol. The second-order valence-corrected chi connectivity index (χ2v) is 8.14. The van der Waals surface area contributed by atoms with Crippen molar-refractivity contribution in [2.75, 3.05) is 25.0 Å². The van der Waals surface area contributed by atoms with Crippen LogP contribution >= 0.6 is 11.6 Å². The van der Waals surface area contributed by atoms with Gasteiger partial charge in [0.2, 0.25) is 5.91 Å². The number of carbonyl (C=O) groups excluding carboxylic acids is 2. The predicted octanol–water partition coefficient (Wildman–Crippen LogP) is 3.63. The van der Waals surface area contributed by atoms with Crippen molar-refractivity contribution in [3.05, 3.63) is 52.3 Å². The number of urea groups is 1. The minimum absolute atomic E-state index is 0.152. The quantitative estimate of drug-likeness (QED) is 0.786. The Kier molecular flexibility index (Phi) is 5.46. The molecule has 0 spiro atoms. The van der Waals surface area contributed by atoms with Gasteiger partial charge in [0.25, 0.3) is 0 Å². The van der Waals surface area contributed by atoms with Crippen LogP contribution in [0.3, 0.4) is 0 Å². The lowest BCUT2D eigenvalue weighted by Gasteiger charge is -2.38. The molecule has 2 aliphatic heterocycles. The molecule has 3 amide bonds. The van der Waals surface area contributed by atoms with Crippen molar-refractivity contribution >= 4 is 29.2 Å². The summed E-state index contributed by atoms with van der Waals surface area (Å²) in [7, 11) is 1.61. The Labute approximate surface area is 183 Å². The summed E-state index contributed by atoms with van der Waals surface area (Å²) in [5.41, 5.74) is 2.12. The summed E-state index contributed by atoms with van der Waals surface area (Å²) in [5, 5.41) is 11.9. The molecule has 0 unspecified atom stereocenters. The Morgan fingerprint density at radius 3 is 2.77 bits per heavy atom. The third-order valence-electron chi connectivity index (χ3n) is 5.55. The van der Waals surface area contributed by atoms with Crippen molar-refractivity contribution in [1.82, 2.24) is 10.2 Å². The molecule has 1 saturated heterocycles. The highest BCUT2D eigenvalue weighted by Gasteiger charge is 2.37. The zero-order valence-electron chi connectivity index (χ0n) is 17.0. The van der Waals surface area contributed by atoms with Crippen LogP contribution in [0.1, 0.15) is 11.1 Å². The number of fused-ring (bicyclic) bond motifs is 1. The van der Waals surface area contributed by atoms with Crippen LogP contribution in [0.25, 0.3) is 0 Å². The molecular formula is C22H20ClFN4O3. The molecule has 4 rings (SSSR count). The molecule has 0 aliphatic carbocycles. The summed E-state index contributed by atoms with van der Waals surface area (Å²) in [5.74, 6) is -0.379. The zero-order valence-corrected chi connectivity index (χ0v) is 17.7. The molecule has 0 radical (unpaired) electrons. The van der Waals surface area contributed by atoms with E-state index in [9.17, 15) is 14.0 Å². The molecule has 2 aromatic carbocycles. The number of nitrogens with one attached hydrogen (secondary N) is 1. The minimum atomic E-state index is -0.737. The number of nitrogens with zero attached hydrogens (tertiary/aromatic N) is 3. The summed E-state index contributed by atoms with van der Waals surface area (Å²) >= 11 is 6.15. The van der Waals surface area contributed by atoms with Gasteiger partial charge in [-0.25, -0.2) is 9.18 Å². The van der Waals surface area contributed by atoms with Crippen LogP contribution in [-0.4, -0.2) is 43.0 Å². The minimum Gasteiger partial charge on any atom is -0.453 e. The van der Waals surface area contributed by atoms with Crippen molar-refractivity contribution in [1.29, 1.82) is 5.26 Å². The Morgan fingerprint density at radius 2 is 2.06 bits per heavy atom. The molecule has 2 heterocycles. The van der Waals surface area contributed by atoms with E-state index in [4.69, 9.17) is 21.6 Å². The maximum Gasteiger partial charge on any atom is 0.318 e. The average molecular weight is 443 g/mol. The summed E-state index contributed by atoms with van der Waals surface area (Å²) in [4.78, 5) is 28.4. The Bertz CT molecular complexity index is 1110. The molecule has 31 heavy (non-hydrogen) atoms. The average Bonchev–Trinajstić information content (AvgIpc) is 2.70. The van der Waals surface area contributed by atoms with Gasteiger partial charge in [-0.3, -0.25) is 4.79 Å². The first-order valence-electron chi connectivity index (χ1n) is 9.76. The second-order valence-electron chi connectivity index (χ2n) is 7.73. The van der Waals surface area contributed by atoms with Gasteiger partial charge in [-0.2, -0.15) is 5.26 Å². The molecule has 0 aromatic heterocycles. The third-order valence-corrected chi connectivity index (χ3v) is 5.87. The maximum atomic E-state index is 13.7. The summed E-state index contributed by atoms with van der Waals surface area (Å²) in [6, 6.07) is 8.57. The Hall–Kier alpha value is -3.31. The zero-order chi connectivity index (χ0) is 22.3. The lowest BCUT2D eigenvalue weighted by Crippen LogP contribution is -2.59. The molecule has 9 heteroatoms. The molecule has 2 aromatic rings. The van der Waals surface area contributed by atoms with Crippen molar-refractivity contribution in [3.8, 4) is 17.6 Å². The molecule has 0 saturated carbocycles. The monoisotopic (exact) mass is 442 g/mol. The van der Waals surface area contributed by atoms with Crippen molar-refractivity contribution in [2.24, 2.45) is 5.92 Å². The fraction of sp³-hybridized carbons (Fsp3) is 0.318. The topological polar surface area (TPSA) is 85.7 Å². The number of anilines is 1. The normalized spacial score (nSPS) is 18.2. The van der Waals surface area contributed by atoms with Crippen LogP contribution in [-0.2, 0) is 11.2 Å². The SMILES string of the molecule is Cc1ccc2c(c1Oc1cc(F)ccc1Cl)N(C)C(=O)[C@H](NC(=O)N1CC(C#N)C1)C2. The Balaban J connectivity index is 1.59. The van der Waals surface area contributed by atoms with E-state index >= 15 is 0 Å². The van der Waals surface area contributed by atoms with Crippen molar-refractivity contribution in [3.63, 3.8) is 0 Å². The third kappa shape index (κ3) is 3.89. The summed E-state index contributed by atoms with van der Waals surface area (Å²) in [6.45, 7) is 2.55. The largest absolute Gasteiger partial charge is 0.453 e. The van der Waals surface area contributed by atoms with E-state index in [-0.39, 0.29) is 35.0 Å². The highest BCUT2D eigenvalue weighted by atomic mass is 35.5. The number of amides is 3. The molecule has 1 fully saturated rings. The number of hydrogen-bond acceptors (Lipinski definition) is 4. The van der Waals surface area contributed by atoms with E-state index in [0.29, 0.717) is 24.5 Å². The van der Waals surface area contributed by atoms with E-state index in [1.807, 2.05) is 19.1 Å². The highest BCUT2D eigenvalue weighted by molar-refractivity contribution is 6.32. The number of rotatable bonds is 3. The van der Waals surface area contributed by atoms with Gasteiger partial charge >= 0.3 is 6.03 Å². The fourth-order valence-electron chi connectivity index (χ4n) is 3.77. The molecule has 0 bridgehead atoms. The van der Waals surface area contributed by atoms with Gasteiger partial charge in [0.15, 0.2) is 5.75 Å². The number of carbonyl (C=O) groups is 2. The molecule has 2 aliphatic rings. The summed E-state index contributed by atoms with van der Waals surface area (Å²) < 4.78 is 19.6. The molecule has 160 valence electrons. The summed E-state index contributed by atoms with van der Waals surface area (Å²) in [6.07, 6.45) is 0.285. The van der Waals surface area contributed by atoms with E-state index in [1.165, 1.54) is 28.0 Å². The molecular weight excluding hydrogens is 423 g/mol. The van der Waals surface area contributed by atoms with Crippen LogP contribution in [0.15, 0.2) is 30.3 Å². The van der Waals surface area contributed by atoms with Gasteiger partial charge in [-0.1, -0.05) is 23.7 Å².